The molecule has 0 aliphatic rings. The highest BCUT2D eigenvalue weighted by molar-refractivity contribution is 8.03. The first-order valence-electron chi connectivity index (χ1n) is 6.45. The van der Waals surface area contributed by atoms with E-state index in [9.17, 15) is 9.59 Å². The van der Waals surface area contributed by atoms with E-state index >= 15 is 0 Å². The van der Waals surface area contributed by atoms with E-state index in [1.807, 2.05) is 13.2 Å². The summed E-state index contributed by atoms with van der Waals surface area (Å²) in [6.07, 6.45) is 1.94. The molecule has 1 heterocycles. The number of hydrogen-bond acceptors (Lipinski definition) is 7. The second-order valence-electron chi connectivity index (χ2n) is 4.42. The zero-order valence-corrected chi connectivity index (χ0v) is 14.8. The minimum Gasteiger partial charge on any atom is -0.325 e. The highest BCUT2D eigenvalue weighted by Gasteiger charge is 2.17. The van der Waals surface area contributed by atoms with Gasteiger partial charge in [-0.25, -0.2) is 0 Å². The summed E-state index contributed by atoms with van der Waals surface area (Å²) in [6.45, 7) is 3.33. The third kappa shape index (κ3) is 4.56. The third-order valence-corrected chi connectivity index (χ3v) is 5.85. The molecule has 0 saturated carbocycles. The molecular formula is C14H15N3O2S3. The maximum absolute atomic E-state index is 12.2. The molecule has 1 N–H and O–H groups in total. The fourth-order valence-corrected chi connectivity index (χ4v) is 4.15. The lowest BCUT2D eigenvalue weighted by Crippen LogP contribution is -2.22. The van der Waals surface area contributed by atoms with Crippen LogP contribution < -0.4 is 5.32 Å². The minimum atomic E-state index is -0.282. The zero-order chi connectivity index (χ0) is 16.1. The number of carbonyl (C=O) groups is 2. The van der Waals surface area contributed by atoms with Crippen LogP contribution in [0.3, 0.4) is 0 Å². The van der Waals surface area contributed by atoms with E-state index in [1.54, 1.807) is 24.3 Å². The molecule has 0 aliphatic carbocycles. The molecule has 0 radical (unpaired) electrons. The summed E-state index contributed by atoms with van der Waals surface area (Å²) in [5, 5.41) is 10.6. The van der Waals surface area contributed by atoms with Gasteiger partial charge in [-0.3, -0.25) is 9.59 Å². The van der Waals surface area contributed by atoms with Gasteiger partial charge in [-0.05, 0) is 44.4 Å². The molecular weight excluding hydrogens is 338 g/mol. The molecule has 1 atom stereocenters. The molecule has 116 valence electrons. The normalized spacial score (nSPS) is 12.0. The molecule has 0 aliphatic heterocycles. The van der Waals surface area contributed by atoms with E-state index in [0.29, 0.717) is 11.3 Å². The van der Waals surface area contributed by atoms with Gasteiger partial charge in [-0.2, -0.15) is 0 Å². The van der Waals surface area contributed by atoms with Crippen molar-refractivity contribution in [1.82, 2.24) is 10.2 Å². The van der Waals surface area contributed by atoms with E-state index in [1.165, 1.54) is 41.8 Å². The monoisotopic (exact) mass is 353 g/mol. The number of benzene rings is 1. The van der Waals surface area contributed by atoms with Gasteiger partial charge in [-0.15, -0.1) is 10.2 Å². The number of nitrogens with one attached hydrogen (secondary N) is 1. The maximum Gasteiger partial charge on any atom is 0.237 e. The Kier molecular flexibility index (Phi) is 5.98. The van der Waals surface area contributed by atoms with Gasteiger partial charge >= 0.3 is 0 Å². The predicted molar refractivity (Wildman–Crippen MR) is 92.1 cm³/mol. The van der Waals surface area contributed by atoms with Crippen molar-refractivity contribution in [3.63, 3.8) is 0 Å². The summed E-state index contributed by atoms with van der Waals surface area (Å²) in [4.78, 5) is 23.4. The molecule has 1 aromatic carbocycles. The number of ketones is 1. The molecule has 8 heteroatoms. The number of aromatic nitrogens is 2. The number of carbonyl (C=O) groups excluding carboxylic acids is 2. The average Bonchev–Trinajstić information content (AvgIpc) is 2.95. The molecule has 5 nitrogen and oxygen atoms in total. The number of nitrogens with zero attached hydrogens (tertiary/aromatic N) is 2. The summed E-state index contributed by atoms with van der Waals surface area (Å²) in [5.74, 6) is -0.107. The van der Waals surface area contributed by atoms with Gasteiger partial charge in [0, 0.05) is 11.3 Å². The van der Waals surface area contributed by atoms with E-state index in [0.717, 1.165) is 8.68 Å². The van der Waals surface area contributed by atoms with Crippen LogP contribution in [0, 0.1) is 0 Å². The van der Waals surface area contributed by atoms with Crippen molar-refractivity contribution in [3.05, 3.63) is 29.8 Å². The first-order chi connectivity index (χ1) is 10.5. The lowest BCUT2D eigenvalue weighted by molar-refractivity contribution is -0.115. The van der Waals surface area contributed by atoms with Crippen molar-refractivity contribution in [2.24, 2.45) is 0 Å². The Morgan fingerprint density at radius 2 is 1.82 bits per heavy atom. The smallest absolute Gasteiger partial charge is 0.237 e. The number of rotatable bonds is 6. The van der Waals surface area contributed by atoms with Gasteiger partial charge in [0.05, 0.1) is 5.25 Å². The number of amides is 1. The Bertz CT molecular complexity index is 670. The Hall–Kier alpha value is -1.38. The Morgan fingerprint density at radius 1 is 1.18 bits per heavy atom. The second-order valence-corrected chi connectivity index (χ2v) is 8.04. The summed E-state index contributed by atoms with van der Waals surface area (Å²) in [7, 11) is 0. The largest absolute Gasteiger partial charge is 0.325 e. The van der Waals surface area contributed by atoms with Crippen LogP contribution in [0.2, 0.25) is 0 Å². The summed E-state index contributed by atoms with van der Waals surface area (Å²) < 4.78 is 1.66. The van der Waals surface area contributed by atoms with Crippen LogP contribution in [-0.4, -0.2) is 33.4 Å². The topological polar surface area (TPSA) is 72.0 Å². The first kappa shape index (κ1) is 17.0. The first-order valence-corrected chi connectivity index (χ1v) is 9.37. The molecule has 0 spiro atoms. The molecule has 0 fully saturated rings. The van der Waals surface area contributed by atoms with Gasteiger partial charge in [-0.1, -0.05) is 34.9 Å². The lowest BCUT2D eigenvalue weighted by Gasteiger charge is -2.10. The van der Waals surface area contributed by atoms with Crippen molar-refractivity contribution >= 4 is 52.2 Å². The van der Waals surface area contributed by atoms with Crippen molar-refractivity contribution in [2.45, 2.75) is 27.8 Å². The van der Waals surface area contributed by atoms with Gasteiger partial charge < -0.3 is 5.32 Å². The molecule has 0 unspecified atom stereocenters. The van der Waals surface area contributed by atoms with Crippen LogP contribution in [0.5, 0.6) is 0 Å². The van der Waals surface area contributed by atoms with Gasteiger partial charge in [0.25, 0.3) is 0 Å². The van der Waals surface area contributed by atoms with Crippen LogP contribution in [-0.2, 0) is 4.79 Å². The fraction of sp³-hybridized carbons (Fsp3) is 0.286. The average molecular weight is 353 g/mol. The van der Waals surface area contributed by atoms with Gasteiger partial charge in [0.1, 0.15) is 0 Å². The third-order valence-electron chi connectivity index (χ3n) is 2.77. The molecule has 1 aromatic heterocycles. The quantitative estimate of drug-likeness (QED) is 0.632. The van der Waals surface area contributed by atoms with E-state index in [-0.39, 0.29) is 16.9 Å². The number of anilines is 1. The van der Waals surface area contributed by atoms with Crippen LogP contribution in [0.25, 0.3) is 0 Å². The maximum atomic E-state index is 12.2. The second kappa shape index (κ2) is 7.75. The molecule has 0 bridgehead atoms. The number of Topliss-reactive ketones (excluding diaryl/α,β-unsaturated/α-hetero) is 1. The minimum absolute atomic E-state index is 0.00247. The predicted octanol–water partition coefficient (Wildman–Crippen LogP) is 3.58. The Morgan fingerprint density at radius 3 is 2.36 bits per heavy atom. The molecule has 0 saturated heterocycles. The van der Waals surface area contributed by atoms with Crippen LogP contribution in [0.4, 0.5) is 5.69 Å². The zero-order valence-electron chi connectivity index (χ0n) is 12.3. The molecule has 1 amide bonds. The molecule has 2 rings (SSSR count). The van der Waals surface area contributed by atoms with Crippen LogP contribution >= 0.6 is 34.9 Å². The highest BCUT2D eigenvalue weighted by Crippen LogP contribution is 2.30. The molecule has 22 heavy (non-hydrogen) atoms. The van der Waals surface area contributed by atoms with Crippen LogP contribution in [0.1, 0.15) is 24.2 Å². The van der Waals surface area contributed by atoms with Gasteiger partial charge in [0.2, 0.25) is 5.91 Å². The van der Waals surface area contributed by atoms with E-state index < -0.39 is 0 Å². The standard InChI is InChI=1S/C14H15N3O2S3/c1-8(18)10-4-6-11(7-5-10)15-12(19)9(2)21-14-17-16-13(20-3)22-14/h4-7,9H,1-3H3,(H,15,19)/t9-/m0/s1. The van der Waals surface area contributed by atoms with Crippen molar-refractivity contribution < 1.29 is 9.59 Å². The highest BCUT2D eigenvalue weighted by atomic mass is 32.2. The van der Waals surface area contributed by atoms with Crippen molar-refractivity contribution in [3.8, 4) is 0 Å². The number of hydrogen-bond donors (Lipinski definition) is 1. The molecule has 2 aromatic rings. The van der Waals surface area contributed by atoms with Crippen molar-refractivity contribution in [1.29, 1.82) is 0 Å². The Labute approximate surface area is 141 Å². The summed E-state index contributed by atoms with van der Waals surface area (Å²) in [6, 6.07) is 6.85. The summed E-state index contributed by atoms with van der Waals surface area (Å²) >= 11 is 4.39. The van der Waals surface area contributed by atoms with Crippen molar-refractivity contribution in [2.75, 3.05) is 11.6 Å². The fourth-order valence-electron chi connectivity index (χ4n) is 1.56. The lowest BCUT2D eigenvalue weighted by atomic mass is 10.1. The van der Waals surface area contributed by atoms with E-state index in [2.05, 4.69) is 15.5 Å². The SMILES string of the molecule is CSc1nnc(S[C@@H](C)C(=O)Nc2ccc(C(C)=O)cc2)s1. The van der Waals surface area contributed by atoms with Gasteiger partial charge in [0.15, 0.2) is 14.5 Å². The summed E-state index contributed by atoms with van der Waals surface area (Å²) in [5.41, 5.74) is 1.29. The van der Waals surface area contributed by atoms with E-state index in [4.69, 9.17) is 0 Å². The Balaban J connectivity index is 1.94. The number of thioether (sulfide) groups is 2. The van der Waals surface area contributed by atoms with Crippen LogP contribution in [0.15, 0.2) is 32.9 Å².